The first kappa shape index (κ1) is 13.5. The van der Waals surface area contributed by atoms with Crippen molar-refractivity contribution in [3.63, 3.8) is 0 Å². The average molecular weight is 252 g/mol. The highest BCUT2D eigenvalue weighted by Gasteiger charge is 2.13. The van der Waals surface area contributed by atoms with E-state index in [0.29, 0.717) is 6.42 Å². The minimum Gasteiger partial charge on any atom is -0.294 e. The Kier molecular flexibility index (Phi) is 4.16. The Hall–Kier alpha value is -1.89. The topological polar surface area (TPSA) is 17.1 Å². The number of carbonyl (C=O) groups excluding carboxylic acids is 1. The first-order chi connectivity index (χ1) is 9.07. The highest BCUT2D eigenvalue weighted by Crippen LogP contribution is 2.23. The molecule has 0 amide bonds. The largest absolute Gasteiger partial charge is 0.294 e. The van der Waals surface area contributed by atoms with Crippen LogP contribution in [0.1, 0.15) is 25.8 Å². The van der Waals surface area contributed by atoms with Gasteiger partial charge in [-0.2, -0.15) is 0 Å². The van der Waals surface area contributed by atoms with Gasteiger partial charge in [-0.05, 0) is 12.0 Å². The van der Waals surface area contributed by atoms with Gasteiger partial charge in [-0.1, -0.05) is 74.6 Å². The van der Waals surface area contributed by atoms with E-state index < -0.39 is 0 Å². The van der Waals surface area contributed by atoms with Crippen LogP contribution >= 0.6 is 0 Å². The van der Waals surface area contributed by atoms with E-state index in [2.05, 4.69) is 38.1 Å². The van der Waals surface area contributed by atoms with Crippen molar-refractivity contribution in [2.45, 2.75) is 26.7 Å². The Labute approximate surface area is 115 Å². The van der Waals surface area contributed by atoms with Gasteiger partial charge in [0, 0.05) is 17.4 Å². The molecule has 0 saturated carbocycles. The Morgan fingerprint density at radius 1 is 1.11 bits per heavy atom. The predicted octanol–water partition coefficient (Wildman–Crippen LogP) is 4.27. The van der Waals surface area contributed by atoms with Crippen molar-refractivity contribution in [2.75, 3.05) is 0 Å². The maximum atomic E-state index is 12.2. The van der Waals surface area contributed by atoms with Gasteiger partial charge in [0.05, 0.1) is 0 Å². The molecular formula is C18H20O. The summed E-state index contributed by atoms with van der Waals surface area (Å²) in [5, 5.41) is 0. The van der Waals surface area contributed by atoms with Crippen LogP contribution in [-0.4, -0.2) is 5.78 Å². The van der Waals surface area contributed by atoms with E-state index in [-0.39, 0.29) is 11.2 Å². The first-order valence-electron chi connectivity index (χ1n) is 6.73. The molecule has 0 atom stereocenters. The molecule has 0 spiro atoms. The van der Waals surface area contributed by atoms with Gasteiger partial charge < -0.3 is 0 Å². The molecule has 0 heterocycles. The van der Waals surface area contributed by atoms with Crippen molar-refractivity contribution >= 4 is 5.78 Å². The molecule has 1 aromatic carbocycles. The van der Waals surface area contributed by atoms with Gasteiger partial charge in [0.2, 0.25) is 0 Å². The summed E-state index contributed by atoms with van der Waals surface area (Å²) in [6.07, 6.45) is 11.4. The van der Waals surface area contributed by atoms with Crippen LogP contribution in [-0.2, 0) is 11.2 Å². The van der Waals surface area contributed by atoms with Crippen molar-refractivity contribution in [1.82, 2.24) is 0 Å². The summed E-state index contributed by atoms with van der Waals surface area (Å²) < 4.78 is 0. The molecule has 2 rings (SSSR count). The molecule has 1 nitrogen and oxygen atoms in total. The summed E-state index contributed by atoms with van der Waals surface area (Å²) in [6, 6.07) is 10.1. The van der Waals surface area contributed by atoms with E-state index in [4.69, 9.17) is 0 Å². The van der Waals surface area contributed by atoms with Crippen molar-refractivity contribution < 1.29 is 4.79 Å². The fraction of sp³-hybridized carbons (Fsp3) is 0.278. The van der Waals surface area contributed by atoms with Crippen LogP contribution in [0.5, 0.6) is 0 Å². The fourth-order valence-corrected chi connectivity index (χ4v) is 2.05. The summed E-state index contributed by atoms with van der Waals surface area (Å²) in [5.41, 5.74) is 2.04. The second kappa shape index (κ2) is 5.83. The van der Waals surface area contributed by atoms with Gasteiger partial charge in [0.15, 0.2) is 5.78 Å². The number of ketones is 1. The fourth-order valence-electron chi connectivity index (χ4n) is 2.05. The van der Waals surface area contributed by atoms with Gasteiger partial charge in [0.1, 0.15) is 0 Å². The third kappa shape index (κ3) is 4.06. The molecule has 0 aromatic heterocycles. The minimum atomic E-state index is 0.0258. The Morgan fingerprint density at radius 3 is 2.58 bits per heavy atom. The van der Waals surface area contributed by atoms with Crippen molar-refractivity contribution in [3.8, 4) is 0 Å². The van der Waals surface area contributed by atoms with Crippen molar-refractivity contribution in [1.29, 1.82) is 0 Å². The van der Waals surface area contributed by atoms with Gasteiger partial charge in [-0.25, -0.2) is 0 Å². The number of carbonyl (C=O) groups is 1. The predicted molar refractivity (Wildman–Crippen MR) is 79.9 cm³/mol. The van der Waals surface area contributed by atoms with Crippen LogP contribution in [0.15, 0.2) is 66.3 Å². The molecule has 98 valence electrons. The molecule has 0 aliphatic heterocycles. The number of hydrogen-bond acceptors (Lipinski definition) is 1. The molecule has 0 N–H and O–H groups in total. The first-order valence-corrected chi connectivity index (χ1v) is 6.73. The zero-order valence-electron chi connectivity index (χ0n) is 11.6. The van der Waals surface area contributed by atoms with E-state index in [0.717, 1.165) is 12.0 Å². The average Bonchev–Trinajstić information content (AvgIpc) is 2.58. The maximum absolute atomic E-state index is 12.2. The molecule has 1 aromatic rings. The lowest BCUT2D eigenvalue weighted by atomic mass is 9.93. The lowest BCUT2D eigenvalue weighted by molar-refractivity contribution is -0.115. The summed E-state index contributed by atoms with van der Waals surface area (Å²) >= 11 is 0. The van der Waals surface area contributed by atoms with Crippen LogP contribution in [0, 0.1) is 5.41 Å². The van der Waals surface area contributed by atoms with E-state index in [1.165, 1.54) is 5.56 Å². The van der Waals surface area contributed by atoms with E-state index in [9.17, 15) is 4.79 Å². The van der Waals surface area contributed by atoms with Crippen LogP contribution in [0.3, 0.4) is 0 Å². The maximum Gasteiger partial charge on any atom is 0.163 e. The summed E-state index contributed by atoms with van der Waals surface area (Å²) in [6.45, 7) is 4.26. The Morgan fingerprint density at radius 2 is 1.84 bits per heavy atom. The van der Waals surface area contributed by atoms with Crippen LogP contribution in [0.2, 0.25) is 0 Å². The summed E-state index contributed by atoms with van der Waals surface area (Å²) in [5.74, 6) is 0.211. The Balaban J connectivity index is 1.98. The molecule has 0 bridgehead atoms. The number of aryl methyl sites for hydroxylation is 1. The third-order valence-electron chi connectivity index (χ3n) is 3.30. The van der Waals surface area contributed by atoms with Gasteiger partial charge in [-0.15, -0.1) is 0 Å². The van der Waals surface area contributed by atoms with Crippen molar-refractivity contribution in [2.24, 2.45) is 5.41 Å². The lowest BCUT2D eigenvalue weighted by Crippen LogP contribution is -2.04. The number of benzene rings is 1. The zero-order chi connectivity index (χ0) is 13.7. The molecule has 0 unspecified atom stereocenters. The molecule has 1 heteroatoms. The number of allylic oxidation sites excluding steroid dienone is 6. The Bertz CT molecular complexity index is 530. The standard InChI is InChI=1S/C18H20O/c1-18(2)13-6-9-16(12-14-18)17(19)11-10-15-7-4-3-5-8-15/h3-9,12-14H,10-11H2,1-2H3. The van der Waals surface area contributed by atoms with E-state index in [1.54, 1.807) is 0 Å². The van der Waals surface area contributed by atoms with E-state index >= 15 is 0 Å². The highest BCUT2D eigenvalue weighted by atomic mass is 16.1. The zero-order valence-corrected chi connectivity index (χ0v) is 11.6. The lowest BCUT2D eigenvalue weighted by Gasteiger charge is -2.12. The SMILES string of the molecule is CC1(C)C=CC=C(C(=O)CCc2ccccc2)C=C1. The highest BCUT2D eigenvalue weighted by molar-refractivity contribution is 5.98. The third-order valence-corrected chi connectivity index (χ3v) is 3.30. The van der Waals surface area contributed by atoms with Gasteiger partial charge in [-0.3, -0.25) is 4.79 Å². The monoisotopic (exact) mass is 252 g/mol. The van der Waals surface area contributed by atoms with Gasteiger partial charge >= 0.3 is 0 Å². The van der Waals surface area contributed by atoms with Gasteiger partial charge in [0.25, 0.3) is 0 Å². The molecule has 0 radical (unpaired) electrons. The van der Waals surface area contributed by atoms with Crippen LogP contribution < -0.4 is 0 Å². The molecule has 1 aliphatic carbocycles. The summed E-state index contributed by atoms with van der Waals surface area (Å²) in [7, 11) is 0. The van der Waals surface area contributed by atoms with Crippen LogP contribution in [0.4, 0.5) is 0 Å². The number of Topliss-reactive ketones (excluding diaryl/α,β-unsaturated/α-hetero) is 1. The molecule has 0 saturated heterocycles. The van der Waals surface area contributed by atoms with E-state index in [1.807, 2.05) is 36.4 Å². The minimum absolute atomic E-state index is 0.0258. The molecule has 0 fully saturated rings. The quantitative estimate of drug-likeness (QED) is 0.782. The molecular weight excluding hydrogens is 232 g/mol. The molecule has 1 aliphatic rings. The number of hydrogen-bond donors (Lipinski definition) is 0. The van der Waals surface area contributed by atoms with Crippen molar-refractivity contribution in [3.05, 3.63) is 71.8 Å². The second-order valence-corrected chi connectivity index (χ2v) is 5.54. The number of rotatable bonds is 4. The smallest absolute Gasteiger partial charge is 0.163 e. The normalized spacial score (nSPS) is 16.8. The van der Waals surface area contributed by atoms with Crippen LogP contribution in [0.25, 0.3) is 0 Å². The second-order valence-electron chi connectivity index (χ2n) is 5.54. The molecule has 19 heavy (non-hydrogen) atoms. The summed E-state index contributed by atoms with van der Waals surface area (Å²) in [4.78, 5) is 12.2.